The smallest absolute Gasteiger partial charge is 0.295 e. The van der Waals surface area contributed by atoms with Crippen LogP contribution in [-0.2, 0) is 14.8 Å². The molecule has 0 amide bonds. The Balaban J connectivity index is 1.83. The van der Waals surface area contributed by atoms with Crippen LogP contribution in [0.15, 0.2) is 52.5 Å². The molecule has 10 heteroatoms. The number of hydrogen-bond acceptors (Lipinski definition) is 7. The van der Waals surface area contributed by atoms with Gasteiger partial charge in [-0.3, -0.25) is 15.5 Å². The highest BCUT2D eigenvalue weighted by Gasteiger charge is 2.28. The minimum absolute atomic E-state index is 0.106. The molecule has 1 aliphatic heterocycles. The van der Waals surface area contributed by atoms with Crippen LogP contribution in [0.3, 0.4) is 0 Å². The van der Waals surface area contributed by atoms with Gasteiger partial charge in [0.25, 0.3) is 5.69 Å². The van der Waals surface area contributed by atoms with Crippen LogP contribution in [0, 0.1) is 17.0 Å². The summed E-state index contributed by atoms with van der Waals surface area (Å²) in [5.41, 5.74) is 4.29. The summed E-state index contributed by atoms with van der Waals surface area (Å²) in [4.78, 5) is 10.7. The van der Waals surface area contributed by atoms with Gasteiger partial charge in [0.2, 0.25) is 10.0 Å². The number of sulfonamides is 1. The van der Waals surface area contributed by atoms with Gasteiger partial charge in [0, 0.05) is 19.2 Å². The van der Waals surface area contributed by atoms with Gasteiger partial charge in [-0.25, -0.2) is 8.42 Å². The Bertz CT molecular complexity index is 984. The predicted molar refractivity (Wildman–Crippen MR) is 105 cm³/mol. The van der Waals surface area contributed by atoms with E-state index in [0.29, 0.717) is 13.2 Å². The molecule has 0 radical (unpaired) electrons. The number of ether oxygens (including phenoxy) is 1. The van der Waals surface area contributed by atoms with Gasteiger partial charge in [-0.15, -0.1) is 0 Å². The van der Waals surface area contributed by atoms with Gasteiger partial charge in [-0.2, -0.15) is 9.41 Å². The predicted octanol–water partition coefficient (Wildman–Crippen LogP) is 2.37. The molecule has 148 valence electrons. The second kappa shape index (κ2) is 8.46. The molecule has 1 fully saturated rings. The normalized spacial score (nSPS) is 15.6. The number of anilines is 1. The van der Waals surface area contributed by atoms with E-state index in [2.05, 4.69) is 10.5 Å². The lowest BCUT2D eigenvalue weighted by atomic mass is 10.2. The number of hydrogen-bond donors (Lipinski definition) is 1. The van der Waals surface area contributed by atoms with Crippen molar-refractivity contribution in [3.63, 3.8) is 0 Å². The topological polar surface area (TPSA) is 114 Å². The highest BCUT2D eigenvalue weighted by molar-refractivity contribution is 7.89. The van der Waals surface area contributed by atoms with Crippen LogP contribution >= 0.6 is 0 Å². The molecule has 1 aliphatic rings. The fourth-order valence-corrected chi connectivity index (χ4v) is 4.11. The zero-order valence-corrected chi connectivity index (χ0v) is 16.1. The zero-order chi connectivity index (χ0) is 20.1. The molecular weight excluding hydrogens is 384 g/mol. The Morgan fingerprint density at radius 1 is 1.18 bits per heavy atom. The number of benzene rings is 2. The van der Waals surface area contributed by atoms with Crippen LogP contribution in [-0.4, -0.2) is 50.2 Å². The van der Waals surface area contributed by atoms with E-state index in [1.807, 2.05) is 31.2 Å². The Morgan fingerprint density at radius 3 is 2.50 bits per heavy atom. The minimum Gasteiger partial charge on any atom is -0.379 e. The van der Waals surface area contributed by atoms with E-state index in [1.165, 1.54) is 22.7 Å². The second-order valence-corrected chi connectivity index (χ2v) is 8.17. The first kappa shape index (κ1) is 19.9. The van der Waals surface area contributed by atoms with Gasteiger partial charge in [0.1, 0.15) is 5.69 Å². The zero-order valence-electron chi connectivity index (χ0n) is 15.2. The molecule has 9 nitrogen and oxygen atoms in total. The Kier molecular flexibility index (Phi) is 6.02. The molecule has 3 rings (SSSR count). The molecule has 28 heavy (non-hydrogen) atoms. The van der Waals surface area contributed by atoms with Crippen molar-refractivity contribution < 1.29 is 18.1 Å². The maximum atomic E-state index is 12.7. The molecule has 1 saturated heterocycles. The van der Waals surface area contributed by atoms with Crippen molar-refractivity contribution in [3.05, 3.63) is 63.7 Å². The first-order valence-electron chi connectivity index (χ1n) is 8.60. The Hall–Kier alpha value is -2.82. The van der Waals surface area contributed by atoms with Crippen molar-refractivity contribution >= 4 is 27.6 Å². The van der Waals surface area contributed by atoms with Crippen molar-refractivity contribution in [1.82, 2.24) is 4.31 Å². The monoisotopic (exact) mass is 404 g/mol. The molecule has 2 aromatic rings. The van der Waals surface area contributed by atoms with Crippen molar-refractivity contribution in [1.29, 1.82) is 0 Å². The van der Waals surface area contributed by atoms with Gasteiger partial charge in [-0.05, 0) is 24.6 Å². The second-order valence-electron chi connectivity index (χ2n) is 6.23. The van der Waals surface area contributed by atoms with Crippen LogP contribution in [0.4, 0.5) is 11.4 Å². The van der Waals surface area contributed by atoms with Crippen LogP contribution in [0.2, 0.25) is 0 Å². The summed E-state index contributed by atoms with van der Waals surface area (Å²) in [5.74, 6) is 0. The summed E-state index contributed by atoms with van der Waals surface area (Å²) in [6.45, 7) is 3.01. The molecule has 0 bridgehead atoms. The summed E-state index contributed by atoms with van der Waals surface area (Å²) in [6, 6.07) is 11.3. The Labute approximate surface area is 162 Å². The minimum atomic E-state index is -3.82. The van der Waals surface area contributed by atoms with E-state index in [9.17, 15) is 18.5 Å². The number of nitrogens with one attached hydrogen (secondary N) is 1. The number of rotatable bonds is 6. The lowest BCUT2D eigenvalue weighted by Crippen LogP contribution is -2.40. The maximum Gasteiger partial charge on any atom is 0.295 e. The molecule has 0 atom stereocenters. The molecule has 0 aliphatic carbocycles. The van der Waals surface area contributed by atoms with Gasteiger partial charge in [0.05, 0.1) is 29.2 Å². The number of morpholine rings is 1. The lowest BCUT2D eigenvalue weighted by Gasteiger charge is -2.26. The average Bonchev–Trinajstić information content (AvgIpc) is 2.70. The molecule has 0 aromatic heterocycles. The molecule has 1 N–H and O–H groups in total. The highest BCUT2D eigenvalue weighted by Crippen LogP contribution is 2.29. The van der Waals surface area contributed by atoms with E-state index in [1.54, 1.807) is 0 Å². The number of nitrogens with zero attached hydrogens (tertiary/aromatic N) is 3. The van der Waals surface area contributed by atoms with E-state index in [0.717, 1.165) is 17.2 Å². The molecule has 1 heterocycles. The fourth-order valence-electron chi connectivity index (χ4n) is 2.68. The third-order valence-electron chi connectivity index (χ3n) is 4.25. The van der Waals surface area contributed by atoms with Gasteiger partial charge >= 0.3 is 0 Å². The number of nitro groups is 1. The lowest BCUT2D eigenvalue weighted by molar-refractivity contribution is -0.384. The SMILES string of the molecule is Cc1ccc(/C=N\Nc2ccc(S(=O)(=O)N3CCOCC3)cc2[N+](=O)[O-])cc1. The largest absolute Gasteiger partial charge is 0.379 e. The van der Waals surface area contributed by atoms with Crippen molar-refractivity contribution in [2.75, 3.05) is 31.7 Å². The summed E-state index contributed by atoms with van der Waals surface area (Å²) >= 11 is 0. The molecule has 2 aromatic carbocycles. The van der Waals surface area contributed by atoms with Crippen LogP contribution in [0.5, 0.6) is 0 Å². The fraction of sp³-hybridized carbons (Fsp3) is 0.278. The maximum absolute atomic E-state index is 12.7. The number of hydrazone groups is 1. The summed E-state index contributed by atoms with van der Waals surface area (Å²) in [5, 5.41) is 15.4. The summed E-state index contributed by atoms with van der Waals surface area (Å²) < 4.78 is 31.8. The van der Waals surface area contributed by atoms with E-state index in [4.69, 9.17) is 4.74 Å². The third-order valence-corrected chi connectivity index (χ3v) is 6.14. The first-order valence-corrected chi connectivity index (χ1v) is 10.0. The summed E-state index contributed by atoms with van der Waals surface area (Å²) in [6.07, 6.45) is 1.53. The van der Waals surface area contributed by atoms with Crippen molar-refractivity contribution in [2.24, 2.45) is 5.10 Å². The third kappa shape index (κ3) is 4.53. The Morgan fingerprint density at radius 2 is 1.86 bits per heavy atom. The first-order chi connectivity index (χ1) is 13.4. The van der Waals surface area contributed by atoms with Crippen LogP contribution in [0.25, 0.3) is 0 Å². The van der Waals surface area contributed by atoms with Crippen LogP contribution < -0.4 is 5.43 Å². The van der Waals surface area contributed by atoms with Gasteiger partial charge in [-0.1, -0.05) is 29.8 Å². The number of aryl methyl sites for hydroxylation is 1. The van der Waals surface area contributed by atoms with E-state index < -0.39 is 14.9 Å². The summed E-state index contributed by atoms with van der Waals surface area (Å²) in [7, 11) is -3.82. The quantitative estimate of drug-likeness (QED) is 0.449. The standard InChI is InChI=1S/C18H20N4O5S/c1-14-2-4-15(5-3-14)13-19-20-17-7-6-16(12-18(17)22(23)24)28(25,26)21-8-10-27-11-9-21/h2-7,12-13,20H,8-11H2,1H3/b19-13-. The highest BCUT2D eigenvalue weighted by atomic mass is 32.2. The van der Waals surface area contributed by atoms with Crippen molar-refractivity contribution in [3.8, 4) is 0 Å². The molecule has 0 saturated carbocycles. The van der Waals surface area contributed by atoms with Gasteiger partial charge in [0.15, 0.2) is 0 Å². The average molecular weight is 404 g/mol. The molecule has 0 unspecified atom stereocenters. The molecule has 0 spiro atoms. The number of nitro benzene ring substituents is 1. The van der Waals surface area contributed by atoms with Gasteiger partial charge < -0.3 is 4.74 Å². The van der Waals surface area contributed by atoms with E-state index in [-0.39, 0.29) is 29.4 Å². The molecular formula is C18H20N4O5S. The van der Waals surface area contributed by atoms with Crippen LogP contribution in [0.1, 0.15) is 11.1 Å². The van der Waals surface area contributed by atoms with Crippen molar-refractivity contribution in [2.45, 2.75) is 11.8 Å². The van der Waals surface area contributed by atoms with E-state index >= 15 is 0 Å².